The average molecular weight is 511 g/mol. The Kier molecular flexibility index (Phi) is 10.6. The van der Waals surface area contributed by atoms with Crippen molar-refractivity contribution >= 4 is 0 Å². The van der Waals surface area contributed by atoms with Gasteiger partial charge >= 0.3 is 0 Å². The van der Waals surface area contributed by atoms with Crippen LogP contribution in [0.15, 0.2) is 24.3 Å². The van der Waals surface area contributed by atoms with Crippen molar-refractivity contribution in [2.75, 3.05) is 78.5 Å². The van der Waals surface area contributed by atoms with Crippen LogP contribution in [0.25, 0.3) is 0 Å². The van der Waals surface area contributed by atoms with E-state index < -0.39 is 0 Å². The molecule has 2 fully saturated rings. The zero-order valence-electron chi connectivity index (χ0n) is 22.7. The van der Waals surface area contributed by atoms with Crippen molar-refractivity contribution in [2.45, 2.75) is 33.4 Å². The maximum atomic E-state index is 11.3. The topological polar surface area (TPSA) is 95.1 Å². The fourth-order valence-corrected chi connectivity index (χ4v) is 5.41. The zero-order chi connectivity index (χ0) is 26.0. The number of rotatable bonds is 6. The summed E-state index contributed by atoms with van der Waals surface area (Å²) >= 11 is 0. The number of nitrogens with one attached hydrogen (secondary N) is 4. The Morgan fingerprint density at radius 1 is 0.541 bits per heavy atom. The van der Waals surface area contributed by atoms with Crippen LogP contribution in [0.2, 0.25) is 0 Å². The van der Waals surface area contributed by atoms with Gasteiger partial charge in [0.2, 0.25) is 0 Å². The normalized spacial score (nSPS) is 19.3. The molecule has 0 atom stereocenters. The molecule has 4 rings (SSSR count). The predicted molar refractivity (Wildman–Crippen MR) is 151 cm³/mol. The number of hydrogen-bond acceptors (Lipinski definition) is 8. The summed E-state index contributed by atoms with van der Waals surface area (Å²) in [6.45, 7) is 17.2. The van der Waals surface area contributed by atoms with Crippen LogP contribution in [0, 0.1) is 13.8 Å². The van der Waals surface area contributed by atoms with Crippen LogP contribution in [0.3, 0.4) is 0 Å². The Morgan fingerprint density at radius 2 is 0.865 bits per heavy atom. The second-order valence-corrected chi connectivity index (χ2v) is 10.6. The number of benzene rings is 2. The second-order valence-electron chi connectivity index (χ2n) is 10.6. The van der Waals surface area contributed by atoms with Gasteiger partial charge in [0.05, 0.1) is 0 Å². The summed E-state index contributed by atoms with van der Waals surface area (Å²) in [5.41, 5.74) is 5.92. The molecule has 2 saturated heterocycles. The summed E-state index contributed by atoms with van der Waals surface area (Å²) in [4.78, 5) is 4.78. The first kappa shape index (κ1) is 27.8. The van der Waals surface area contributed by atoms with Crippen molar-refractivity contribution in [1.29, 1.82) is 0 Å². The van der Waals surface area contributed by atoms with Gasteiger partial charge in [-0.1, -0.05) is 35.4 Å². The highest BCUT2D eigenvalue weighted by Crippen LogP contribution is 2.33. The van der Waals surface area contributed by atoms with Crippen LogP contribution in [-0.4, -0.2) is 98.5 Å². The molecule has 8 heteroatoms. The lowest BCUT2D eigenvalue weighted by Gasteiger charge is -2.24. The molecule has 0 radical (unpaired) electrons. The number of nitrogens with zero attached hydrogens (tertiary/aromatic N) is 2. The fraction of sp³-hybridized carbons (Fsp3) is 0.586. The highest BCUT2D eigenvalue weighted by atomic mass is 16.3. The summed E-state index contributed by atoms with van der Waals surface area (Å²) in [6.07, 6.45) is 0.507. The number of phenolic OH excluding ortho intramolecular Hbond substituents is 2. The van der Waals surface area contributed by atoms with Gasteiger partial charge in [0.1, 0.15) is 11.5 Å². The van der Waals surface area contributed by atoms with E-state index in [9.17, 15) is 10.2 Å². The monoisotopic (exact) mass is 510 g/mol. The van der Waals surface area contributed by atoms with E-state index in [0.717, 1.165) is 112 Å². The Bertz CT molecular complexity index is 915. The molecule has 0 spiro atoms. The lowest BCUT2D eigenvalue weighted by Crippen LogP contribution is -2.33. The first-order valence-electron chi connectivity index (χ1n) is 13.9. The summed E-state index contributed by atoms with van der Waals surface area (Å²) in [5.74, 6) is 0.706. The maximum Gasteiger partial charge on any atom is 0.123 e. The van der Waals surface area contributed by atoms with Crippen molar-refractivity contribution in [2.24, 2.45) is 0 Å². The van der Waals surface area contributed by atoms with E-state index in [2.05, 4.69) is 69.2 Å². The Morgan fingerprint density at radius 3 is 1.22 bits per heavy atom. The summed E-state index contributed by atoms with van der Waals surface area (Å²) in [6, 6.07) is 8.31. The third-order valence-electron chi connectivity index (χ3n) is 7.37. The van der Waals surface area contributed by atoms with E-state index in [1.54, 1.807) is 0 Å². The minimum Gasteiger partial charge on any atom is -0.507 e. The fourth-order valence-electron chi connectivity index (χ4n) is 5.41. The number of aryl methyl sites for hydroxylation is 2. The highest BCUT2D eigenvalue weighted by molar-refractivity contribution is 5.50. The summed E-state index contributed by atoms with van der Waals surface area (Å²) in [7, 11) is 0. The average Bonchev–Trinajstić information content (AvgIpc) is 3.08. The third kappa shape index (κ3) is 8.40. The minimum absolute atomic E-state index is 0.353. The molecule has 0 saturated carbocycles. The molecule has 6 N–H and O–H groups in total. The predicted octanol–water partition coefficient (Wildman–Crippen LogP) is 1.30. The van der Waals surface area contributed by atoms with Crippen molar-refractivity contribution in [3.63, 3.8) is 0 Å². The van der Waals surface area contributed by atoms with Crippen LogP contribution in [0.5, 0.6) is 11.5 Å². The molecule has 37 heavy (non-hydrogen) atoms. The molecule has 2 aliphatic heterocycles. The molecule has 2 aromatic rings. The van der Waals surface area contributed by atoms with Crippen molar-refractivity contribution in [3.8, 4) is 11.5 Å². The number of aromatic hydroxyl groups is 2. The molecule has 0 amide bonds. The second kappa shape index (κ2) is 14.1. The third-order valence-corrected chi connectivity index (χ3v) is 7.37. The van der Waals surface area contributed by atoms with E-state index in [0.29, 0.717) is 31.0 Å². The van der Waals surface area contributed by atoms with Crippen molar-refractivity contribution in [3.05, 3.63) is 57.6 Å². The van der Waals surface area contributed by atoms with E-state index in [4.69, 9.17) is 0 Å². The van der Waals surface area contributed by atoms with Crippen LogP contribution >= 0.6 is 0 Å². The smallest absolute Gasteiger partial charge is 0.123 e. The number of hydrogen-bond donors (Lipinski definition) is 6. The molecule has 0 aliphatic carbocycles. The lowest BCUT2D eigenvalue weighted by molar-refractivity contribution is 0.268. The molecule has 2 heterocycles. The molecule has 2 aromatic carbocycles. The lowest BCUT2D eigenvalue weighted by atomic mass is 9.95. The van der Waals surface area contributed by atoms with Gasteiger partial charge in [-0.15, -0.1) is 0 Å². The standard InChI is InChI=1S/C29H46N6O2/c1-22-15-24(28(36)26(17-22)20-34-11-7-30-3-4-31-8-12-34)19-25-16-23(2)18-27(29(25)37)21-35-13-9-32-5-6-33-10-14-35/h15-18,30-33,36-37H,3-14,19-21H2,1-2H3. The molecular weight excluding hydrogens is 464 g/mol. The van der Waals surface area contributed by atoms with Crippen LogP contribution in [0.1, 0.15) is 33.4 Å². The molecule has 2 aliphatic rings. The number of phenols is 2. The minimum atomic E-state index is 0.353. The molecular formula is C29H46N6O2. The van der Waals surface area contributed by atoms with Gasteiger partial charge in [-0.3, -0.25) is 9.80 Å². The van der Waals surface area contributed by atoms with Gasteiger partial charge in [0.15, 0.2) is 0 Å². The Labute approximate surface area is 222 Å². The van der Waals surface area contributed by atoms with Gasteiger partial charge in [0, 0.05) is 109 Å². The van der Waals surface area contributed by atoms with Gasteiger partial charge in [-0.2, -0.15) is 0 Å². The first-order chi connectivity index (χ1) is 18.0. The first-order valence-corrected chi connectivity index (χ1v) is 13.9. The van der Waals surface area contributed by atoms with Crippen LogP contribution < -0.4 is 21.3 Å². The Hall–Kier alpha value is -2.20. The van der Waals surface area contributed by atoms with E-state index in [-0.39, 0.29) is 0 Å². The van der Waals surface area contributed by atoms with Crippen molar-refractivity contribution < 1.29 is 10.2 Å². The van der Waals surface area contributed by atoms with E-state index in [1.807, 2.05) is 0 Å². The van der Waals surface area contributed by atoms with E-state index >= 15 is 0 Å². The largest absolute Gasteiger partial charge is 0.507 e. The van der Waals surface area contributed by atoms with Crippen molar-refractivity contribution in [1.82, 2.24) is 31.1 Å². The highest BCUT2D eigenvalue weighted by Gasteiger charge is 2.18. The SMILES string of the molecule is Cc1cc(Cc2cc(C)cc(CN3CCNCCNCC3)c2O)c(O)c(CN2CCNCCNCC2)c1. The van der Waals surface area contributed by atoms with Gasteiger partial charge in [0.25, 0.3) is 0 Å². The van der Waals surface area contributed by atoms with Gasteiger partial charge < -0.3 is 31.5 Å². The summed E-state index contributed by atoms with van der Waals surface area (Å²) < 4.78 is 0. The molecule has 0 aromatic heterocycles. The van der Waals surface area contributed by atoms with Gasteiger partial charge in [-0.25, -0.2) is 0 Å². The van der Waals surface area contributed by atoms with E-state index in [1.165, 1.54) is 0 Å². The quantitative estimate of drug-likeness (QED) is 0.346. The maximum absolute atomic E-state index is 11.3. The zero-order valence-corrected chi connectivity index (χ0v) is 22.7. The Balaban J connectivity index is 1.51. The molecule has 204 valence electrons. The summed E-state index contributed by atoms with van der Waals surface area (Å²) in [5, 5.41) is 36.5. The molecule has 0 unspecified atom stereocenters. The molecule has 0 bridgehead atoms. The van der Waals surface area contributed by atoms with Crippen LogP contribution in [0.4, 0.5) is 0 Å². The van der Waals surface area contributed by atoms with Crippen LogP contribution in [-0.2, 0) is 19.5 Å². The molecule has 8 nitrogen and oxygen atoms in total. The van der Waals surface area contributed by atoms with Gasteiger partial charge in [-0.05, 0) is 25.0 Å².